The van der Waals surface area contributed by atoms with Crippen molar-refractivity contribution in [3.63, 3.8) is 0 Å². The SMILES string of the molecule is CCCCCC/C=C\C/C=C\CCCCCCCCCC(=O)OCCCCCCCCCCCCCCC(=O)NC(CO)C(O)CCCCCCCCCCCCCCCCCCC. The summed E-state index contributed by atoms with van der Waals surface area (Å²) in [5.74, 6) is -0.0651. The fraction of sp³-hybridized carbons (Fsp3) is 0.897. The second-order valence-corrected chi connectivity index (χ2v) is 19.6. The van der Waals surface area contributed by atoms with Crippen molar-refractivity contribution >= 4 is 11.9 Å². The maximum Gasteiger partial charge on any atom is 0.305 e. The average Bonchev–Trinajstić information content (AvgIpc) is 3.29. The molecule has 0 saturated heterocycles. The van der Waals surface area contributed by atoms with Crippen LogP contribution >= 0.6 is 0 Å². The smallest absolute Gasteiger partial charge is 0.305 e. The van der Waals surface area contributed by atoms with E-state index in [1.165, 1.54) is 212 Å². The van der Waals surface area contributed by atoms with E-state index in [0.717, 1.165) is 64.2 Å². The second-order valence-electron chi connectivity index (χ2n) is 19.6. The number of aliphatic hydroxyl groups excluding tert-OH is 2. The number of hydrogen-bond donors (Lipinski definition) is 3. The Labute approximate surface area is 399 Å². The lowest BCUT2D eigenvalue weighted by Crippen LogP contribution is -2.45. The van der Waals surface area contributed by atoms with Gasteiger partial charge in [0.05, 0.1) is 25.4 Å². The molecule has 378 valence electrons. The van der Waals surface area contributed by atoms with E-state index in [4.69, 9.17) is 4.74 Å². The van der Waals surface area contributed by atoms with Gasteiger partial charge in [-0.25, -0.2) is 0 Å². The van der Waals surface area contributed by atoms with Crippen molar-refractivity contribution in [3.8, 4) is 0 Å². The lowest BCUT2D eigenvalue weighted by Gasteiger charge is -2.22. The molecular formula is C58H111NO5. The molecule has 0 aromatic heterocycles. The van der Waals surface area contributed by atoms with E-state index in [1.807, 2.05) is 0 Å². The van der Waals surface area contributed by atoms with Gasteiger partial charge in [0.25, 0.3) is 0 Å². The van der Waals surface area contributed by atoms with E-state index in [9.17, 15) is 19.8 Å². The minimum absolute atomic E-state index is 0.0160. The van der Waals surface area contributed by atoms with Crippen molar-refractivity contribution in [2.24, 2.45) is 0 Å². The maximum atomic E-state index is 12.5. The molecule has 0 rings (SSSR count). The highest BCUT2D eigenvalue weighted by Crippen LogP contribution is 2.17. The van der Waals surface area contributed by atoms with Gasteiger partial charge in [0.2, 0.25) is 5.91 Å². The largest absolute Gasteiger partial charge is 0.466 e. The standard InChI is InChI=1S/C58H111NO5/c1-3-5-7-9-11-13-15-17-19-21-23-25-27-32-36-40-44-48-52-58(63)64-53-49-45-41-37-33-29-28-31-35-39-43-47-51-57(62)59-55(54-60)56(61)50-46-42-38-34-30-26-24-22-20-18-16-14-12-10-8-6-4-2/h13,15,19,21,55-56,60-61H,3-12,14,16-18,20,22-54H2,1-2H3,(H,59,62)/b15-13-,21-19-. The van der Waals surface area contributed by atoms with Crippen LogP contribution in [0.5, 0.6) is 0 Å². The summed E-state index contributed by atoms with van der Waals surface area (Å²) in [4.78, 5) is 24.6. The Morgan fingerprint density at radius 2 is 0.781 bits per heavy atom. The first-order chi connectivity index (χ1) is 31.5. The molecule has 6 nitrogen and oxygen atoms in total. The van der Waals surface area contributed by atoms with E-state index in [-0.39, 0.29) is 18.5 Å². The summed E-state index contributed by atoms with van der Waals surface area (Å²) in [6, 6.07) is -0.554. The van der Waals surface area contributed by atoms with E-state index in [0.29, 0.717) is 25.9 Å². The Hall–Kier alpha value is -1.66. The number of rotatable bonds is 53. The van der Waals surface area contributed by atoms with Crippen LogP contribution < -0.4 is 5.32 Å². The lowest BCUT2D eigenvalue weighted by molar-refractivity contribution is -0.143. The number of carbonyl (C=O) groups excluding carboxylic acids is 2. The van der Waals surface area contributed by atoms with Crippen molar-refractivity contribution in [1.29, 1.82) is 0 Å². The van der Waals surface area contributed by atoms with E-state index in [2.05, 4.69) is 43.5 Å². The van der Waals surface area contributed by atoms with Gasteiger partial charge in [-0.15, -0.1) is 0 Å². The first kappa shape index (κ1) is 62.3. The normalized spacial score (nSPS) is 12.8. The average molecular weight is 903 g/mol. The maximum absolute atomic E-state index is 12.5. The third kappa shape index (κ3) is 49.8. The molecule has 64 heavy (non-hydrogen) atoms. The molecule has 1 amide bonds. The van der Waals surface area contributed by atoms with Crippen LogP contribution in [0, 0.1) is 0 Å². The van der Waals surface area contributed by atoms with Gasteiger partial charge in [-0.3, -0.25) is 9.59 Å². The number of ether oxygens (including phenoxy) is 1. The lowest BCUT2D eigenvalue weighted by atomic mass is 10.0. The van der Waals surface area contributed by atoms with Gasteiger partial charge in [0, 0.05) is 12.8 Å². The molecule has 6 heteroatoms. The third-order valence-corrected chi connectivity index (χ3v) is 13.3. The van der Waals surface area contributed by atoms with Gasteiger partial charge in [0.1, 0.15) is 0 Å². The highest BCUT2D eigenvalue weighted by atomic mass is 16.5. The van der Waals surface area contributed by atoms with Crippen LogP contribution in [-0.4, -0.2) is 47.4 Å². The summed E-state index contributed by atoms with van der Waals surface area (Å²) in [6.07, 6.45) is 64.4. The van der Waals surface area contributed by atoms with Crippen molar-refractivity contribution < 1.29 is 24.5 Å². The molecule has 0 radical (unpaired) electrons. The monoisotopic (exact) mass is 902 g/mol. The zero-order valence-corrected chi connectivity index (χ0v) is 43.0. The molecule has 0 saturated carbocycles. The Bertz CT molecular complexity index is 997. The summed E-state index contributed by atoms with van der Waals surface area (Å²) in [6.45, 7) is 4.91. The molecule has 0 aromatic carbocycles. The summed E-state index contributed by atoms with van der Waals surface area (Å²) >= 11 is 0. The molecule has 2 unspecified atom stereocenters. The molecule has 0 aliphatic carbocycles. The number of esters is 1. The molecule has 0 aliphatic heterocycles. The summed E-state index contributed by atoms with van der Waals surface area (Å²) < 4.78 is 5.47. The Kier molecular flexibility index (Phi) is 52.6. The third-order valence-electron chi connectivity index (χ3n) is 13.3. The Balaban J connectivity index is 3.45. The fourth-order valence-corrected chi connectivity index (χ4v) is 8.85. The minimum Gasteiger partial charge on any atom is -0.466 e. The topological polar surface area (TPSA) is 95.9 Å². The molecule has 0 fully saturated rings. The van der Waals surface area contributed by atoms with E-state index >= 15 is 0 Å². The number of unbranched alkanes of at least 4 members (excludes halogenated alkanes) is 38. The van der Waals surface area contributed by atoms with Crippen LogP contribution in [-0.2, 0) is 14.3 Å². The molecule has 0 spiro atoms. The summed E-state index contributed by atoms with van der Waals surface area (Å²) in [5, 5.41) is 23.3. The molecule has 0 heterocycles. The number of amides is 1. The van der Waals surface area contributed by atoms with Crippen molar-refractivity contribution in [2.75, 3.05) is 13.2 Å². The number of carbonyl (C=O) groups is 2. The number of nitrogens with one attached hydrogen (secondary N) is 1. The first-order valence-corrected chi connectivity index (χ1v) is 28.6. The van der Waals surface area contributed by atoms with Gasteiger partial charge in [-0.2, -0.15) is 0 Å². The van der Waals surface area contributed by atoms with Crippen LogP contribution in [0.4, 0.5) is 0 Å². The van der Waals surface area contributed by atoms with Gasteiger partial charge < -0.3 is 20.3 Å². The minimum atomic E-state index is -0.675. The quantitative estimate of drug-likeness (QED) is 0.0321. The number of aliphatic hydroxyl groups is 2. The fourth-order valence-electron chi connectivity index (χ4n) is 8.85. The van der Waals surface area contributed by atoms with Crippen LogP contribution in [0.25, 0.3) is 0 Å². The van der Waals surface area contributed by atoms with Gasteiger partial charge in [-0.1, -0.05) is 263 Å². The highest BCUT2D eigenvalue weighted by molar-refractivity contribution is 5.76. The van der Waals surface area contributed by atoms with Crippen molar-refractivity contribution in [1.82, 2.24) is 5.32 Å². The molecule has 0 aromatic rings. The summed E-state index contributed by atoms with van der Waals surface area (Å²) in [5.41, 5.74) is 0. The molecule has 0 aliphatic rings. The van der Waals surface area contributed by atoms with Crippen molar-refractivity contribution in [3.05, 3.63) is 24.3 Å². The van der Waals surface area contributed by atoms with Crippen LogP contribution in [0.2, 0.25) is 0 Å². The predicted molar refractivity (Wildman–Crippen MR) is 278 cm³/mol. The van der Waals surface area contributed by atoms with Crippen LogP contribution in [0.1, 0.15) is 309 Å². The first-order valence-electron chi connectivity index (χ1n) is 28.6. The predicted octanol–water partition coefficient (Wildman–Crippen LogP) is 17.5. The van der Waals surface area contributed by atoms with Gasteiger partial charge in [-0.05, 0) is 57.8 Å². The molecular weight excluding hydrogens is 791 g/mol. The van der Waals surface area contributed by atoms with E-state index < -0.39 is 12.1 Å². The van der Waals surface area contributed by atoms with Crippen LogP contribution in [0.15, 0.2) is 24.3 Å². The van der Waals surface area contributed by atoms with Gasteiger partial charge in [0.15, 0.2) is 0 Å². The molecule has 0 bridgehead atoms. The van der Waals surface area contributed by atoms with Crippen LogP contribution in [0.3, 0.4) is 0 Å². The Morgan fingerprint density at radius 3 is 1.20 bits per heavy atom. The number of allylic oxidation sites excluding steroid dienone is 4. The van der Waals surface area contributed by atoms with Gasteiger partial charge >= 0.3 is 5.97 Å². The molecule has 2 atom stereocenters. The Morgan fingerprint density at radius 1 is 0.438 bits per heavy atom. The zero-order valence-electron chi connectivity index (χ0n) is 43.0. The number of hydrogen-bond acceptors (Lipinski definition) is 5. The zero-order chi connectivity index (χ0) is 46.5. The second kappa shape index (κ2) is 54.0. The summed E-state index contributed by atoms with van der Waals surface area (Å²) in [7, 11) is 0. The van der Waals surface area contributed by atoms with Crippen molar-refractivity contribution in [2.45, 2.75) is 321 Å². The molecule has 3 N–H and O–H groups in total. The highest BCUT2D eigenvalue weighted by Gasteiger charge is 2.20. The van der Waals surface area contributed by atoms with E-state index in [1.54, 1.807) is 0 Å².